The number of carbonyl (C=O) groups is 1. The van der Waals surface area contributed by atoms with Crippen LogP contribution in [0.4, 0.5) is 0 Å². The predicted octanol–water partition coefficient (Wildman–Crippen LogP) is -0.236. The van der Waals surface area contributed by atoms with Gasteiger partial charge >= 0.3 is 0 Å². The molecule has 5 nitrogen and oxygen atoms in total. The third-order valence-corrected chi connectivity index (χ3v) is 5.29. The van der Waals surface area contributed by atoms with E-state index in [-0.39, 0.29) is 11.4 Å². The summed E-state index contributed by atoms with van der Waals surface area (Å²) < 4.78 is 0. The van der Waals surface area contributed by atoms with Gasteiger partial charge < -0.3 is 16.0 Å². The molecule has 3 aliphatic heterocycles. The van der Waals surface area contributed by atoms with Crippen molar-refractivity contribution in [2.75, 3.05) is 39.3 Å². The van der Waals surface area contributed by atoms with Crippen molar-refractivity contribution in [3.8, 4) is 0 Å². The molecule has 0 aromatic heterocycles. The van der Waals surface area contributed by atoms with Crippen LogP contribution in [0.1, 0.15) is 32.1 Å². The SMILES string of the molecule is NC(=O)C1(N2CCCNCC2)CCN2CCCC2C1. The largest absolute Gasteiger partial charge is 0.368 e. The molecule has 3 aliphatic rings. The van der Waals surface area contributed by atoms with Crippen LogP contribution in [0.3, 0.4) is 0 Å². The molecule has 3 saturated heterocycles. The summed E-state index contributed by atoms with van der Waals surface area (Å²) in [6.07, 6.45) is 5.49. The molecule has 3 heterocycles. The minimum absolute atomic E-state index is 0.0963. The fourth-order valence-corrected chi connectivity index (χ4v) is 4.18. The molecule has 3 N–H and O–H groups in total. The molecule has 0 aromatic rings. The van der Waals surface area contributed by atoms with Crippen LogP contribution >= 0.6 is 0 Å². The maximum absolute atomic E-state index is 12.2. The number of primary amides is 1. The first-order valence-electron chi connectivity index (χ1n) is 7.72. The van der Waals surface area contributed by atoms with E-state index in [4.69, 9.17) is 5.73 Å². The Hall–Kier alpha value is -0.650. The minimum atomic E-state index is -0.377. The zero-order valence-electron chi connectivity index (χ0n) is 11.7. The molecular formula is C14H26N4O. The van der Waals surface area contributed by atoms with Gasteiger partial charge in [0.25, 0.3) is 0 Å². The van der Waals surface area contributed by atoms with Crippen molar-refractivity contribution in [1.29, 1.82) is 0 Å². The van der Waals surface area contributed by atoms with Crippen molar-refractivity contribution in [2.45, 2.75) is 43.7 Å². The highest BCUT2D eigenvalue weighted by Gasteiger charge is 2.48. The molecule has 5 heteroatoms. The average molecular weight is 266 g/mol. The maximum Gasteiger partial charge on any atom is 0.238 e. The van der Waals surface area contributed by atoms with Crippen LogP contribution in [0.5, 0.6) is 0 Å². The summed E-state index contributed by atoms with van der Waals surface area (Å²) in [5.74, 6) is -0.0963. The molecule has 0 saturated carbocycles. The summed E-state index contributed by atoms with van der Waals surface area (Å²) in [7, 11) is 0. The lowest BCUT2D eigenvalue weighted by Gasteiger charge is -2.48. The predicted molar refractivity (Wildman–Crippen MR) is 74.8 cm³/mol. The Balaban J connectivity index is 1.80. The Kier molecular flexibility index (Phi) is 3.78. The standard InChI is InChI=1S/C14H26N4O/c15-13(19)14(18-8-2-5-16-6-10-18)4-9-17-7-1-3-12(17)11-14/h12,16H,1-11H2,(H2,15,19). The summed E-state index contributed by atoms with van der Waals surface area (Å²) in [5, 5.41) is 3.41. The lowest BCUT2D eigenvalue weighted by molar-refractivity contribution is -0.135. The Morgan fingerprint density at radius 1 is 1.16 bits per heavy atom. The summed E-state index contributed by atoms with van der Waals surface area (Å²) in [4.78, 5) is 17.2. The van der Waals surface area contributed by atoms with Crippen molar-refractivity contribution < 1.29 is 4.79 Å². The first kappa shape index (κ1) is 13.3. The van der Waals surface area contributed by atoms with Crippen LogP contribution in [-0.4, -0.2) is 66.6 Å². The molecule has 1 amide bonds. The van der Waals surface area contributed by atoms with E-state index in [1.165, 1.54) is 19.4 Å². The Morgan fingerprint density at radius 3 is 2.89 bits per heavy atom. The zero-order valence-corrected chi connectivity index (χ0v) is 11.7. The van der Waals surface area contributed by atoms with E-state index in [0.29, 0.717) is 6.04 Å². The van der Waals surface area contributed by atoms with Gasteiger partial charge in [-0.05, 0) is 45.2 Å². The number of nitrogens with zero attached hydrogens (tertiary/aromatic N) is 2. The molecule has 0 radical (unpaired) electrons. The highest BCUT2D eigenvalue weighted by molar-refractivity contribution is 5.85. The molecule has 108 valence electrons. The molecule has 3 rings (SSSR count). The van der Waals surface area contributed by atoms with E-state index in [0.717, 1.165) is 52.0 Å². The highest BCUT2D eigenvalue weighted by Crippen LogP contribution is 2.37. The van der Waals surface area contributed by atoms with Gasteiger partial charge in [-0.2, -0.15) is 0 Å². The number of nitrogens with one attached hydrogen (secondary N) is 1. The number of carbonyl (C=O) groups excluding carboxylic acids is 1. The minimum Gasteiger partial charge on any atom is -0.368 e. The van der Waals surface area contributed by atoms with E-state index in [2.05, 4.69) is 15.1 Å². The lowest BCUT2D eigenvalue weighted by atomic mass is 9.80. The van der Waals surface area contributed by atoms with Gasteiger partial charge in [0.15, 0.2) is 0 Å². The van der Waals surface area contributed by atoms with Gasteiger partial charge in [0.05, 0.1) is 0 Å². The average Bonchev–Trinajstić information content (AvgIpc) is 2.69. The first-order chi connectivity index (χ1) is 9.22. The van der Waals surface area contributed by atoms with Crippen LogP contribution in [0.15, 0.2) is 0 Å². The van der Waals surface area contributed by atoms with E-state index >= 15 is 0 Å². The monoisotopic (exact) mass is 266 g/mol. The smallest absolute Gasteiger partial charge is 0.238 e. The molecule has 0 aromatic carbocycles. The zero-order chi connectivity index (χ0) is 13.3. The summed E-state index contributed by atoms with van der Waals surface area (Å²) >= 11 is 0. The Bertz CT molecular complexity index is 340. The molecule has 0 bridgehead atoms. The van der Waals surface area contributed by atoms with Crippen LogP contribution < -0.4 is 11.1 Å². The van der Waals surface area contributed by atoms with Gasteiger partial charge in [0.1, 0.15) is 5.54 Å². The van der Waals surface area contributed by atoms with Crippen LogP contribution in [0, 0.1) is 0 Å². The number of fused-ring (bicyclic) bond motifs is 1. The van der Waals surface area contributed by atoms with Crippen molar-refractivity contribution in [1.82, 2.24) is 15.1 Å². The van der Waals surface area contributed by atoms with Crippen molar-refractivity contribution in [3.63, 3.8) is 0 Å². The topological polar surface area (TPSA) is 61.6 Å². The first-order valence-corrected chi connectivity index (χ1v) is 7.72. The van der Waals surface area contributed by atoms with Gasteiger partial charge in [-0.15, -0.1) is 0 Å². The van der Waals surface area contributed by atoms with E-state index in [1.807, 2.05) is 0 Å². The van der Waals surface area contributed by atoms with Gasteiger partial charge in [0, 0.05) is 32.2 Å². The number of rotatable bonds is 2. The lowest BCUT2D eigenvalue weighted by Crippen LogP contribution is -2.64. The Morgan fingerprint density at radius 2 is 2.05 bits per heavy atom. The van der Waals surface area contributed by atoms with Crippen molar-refractivity contribution >= 4 is 5.91 Å². The van der Waals surface area contributed by atoms with E-state index < -0.39 is 0 Å². The quantitative estimate of drug-likeness (QED) is 0.724. The van der Waals surface area contributed by atoms with E-state index in [1.54, 1.807) is 0 Å². The number of nitrogens with two attached hydrogens (primary N) is 1. The molecule has 2 atom stereocenters. The van der Waals surface area contributed by atoms with Gasteiger partial charge in [-0.3, -0.25) is 9.69 Å². The van der Waals surface area contributed by atoms with Crippen LogP contribution in [0.25, 0.3) is 0 Å². The molecule has 2 unspecified atom stereocenters. The second-order valence-electron chi connectivity index (χ2n) is 6.27. The fraction of sp³-hybridized carbons (Fsp3) is 0.929. The maximum atomic E-state index is 12.2. The third kappa shape index (κ3) is 2.39. The van der Waals surface area contributed by atoms with Crippen molar-refractivity contribution in [3.05, 3.63) is 0 Å². The van der Waals surface area contributed by atoms with Gasteiger partial charge in [-0.25, -0.2) is 0 Å². The Labute approximate surface area is 115 Å². The normalized spacial score (nSPS) is 37.8. The number of hydrogen-bond acceptors (Lipinski definition) is 4. The third-order valence-electron chi connectivity index (χ3n) is 5.29. The molecule has 0 aliphatic carbocycles. The van der Waals surface area contributed by atoms with Gasteiger partial charge in [0.2, 0.25) is 5.91 Å². The fourth-order valence-electron chi connectivity index (χ4n) is 4.18. The summed E-state index contributed by atoms with van der Waals surface area (Å²) in [6, 6.07) is 0.581. The molecule has 3 fully saturated rings. The molecular weight excluding hydrogens is 240 g/mol. The van der Waals surface area contributed by atoms with E-state index in [9.17, 15) is 4.79 Å². The second-order valence-corrected chi connectivity index (χ2v) is 6.27. The van der Waals surface area contributed by atoms with Crippen LogP contribution in [-0.2, 0) is 4.79 Å². The number of hydrogen-bond donors (Lipinski definition) is 2. The molecule has 0 spiro atoms. The number of piperidine rings is 1. The summed E-state index contributed by atoms with van der Waals surface area (Å²) in [5.41, 5.74) is 5.47. The van der Waals surface area contributed by atoms with Crippen LogP contribution in [0.2, 0.25) is 0 Å². The van der Waals surface area contributed by atoms with Crippen molar-refractivity contribution in [2.24, 2.45) is 5.73 Å². The number of amides is 1. The summed E-state index contributed by atoms with van der Waals surface area (Å²) in [6.45, 7) is 6.24. The highest BCUT2D eigenvalue weighted by atomic mass is 16.1. The molecule has 19 heavy (non-hydrogen) atoms. The second kappa shape index (κ2) is 5.38. The van der Waals surface area contributed by atoms with Gasteiger partial charge in [-0.1, -0.05) is 0 Å².